The lowest BCUT2D eigenvalue weighted by molar-refractivity contribution is -0.147. The Morgan fingerprint density at radius 3 is 2.34 bits per heavy atom. The first-order chi connectivity index (χ1) is 13.9. The van der Waals surface area contributed by atoms with Gasteiger partial charge in [0.15, 0.2) is 0 Å². The smallest absolute Gasteiger partial charge is 0.410 e. The van der Waals surface area contributed by atoms with Crippen LogP contribution in [-0.2, 0) is 20.7 Å². The maximum Gasteiger partial charge on any atom is 0.410 e. The zero-order chi connectivity index (χ0) is 21.2. The topological polar surface area (TPSA) is 99.6 Å². The van der Waals surface area contributed by atoms with Gasteiger partial charge in [0.25, 0.3) is 0 Å². The molecule has 9 heteroatoms. The summed E-state index contributed by atoms with van der Waals surface area (Å²) in [5, 5.41) is 9.35. The van der Waals surface area contributed by atoms with E-state index in [9.17, 15) is 19.5 Å². The van der Waals surface area contributed by atoms with E-state index in [2.05, 4.69) is 0 Å². The van der Waals surface area contributed by atoms with Crippen molar-refractivity contribution >= 4 is 18.1 Å². The molecule has 29 heavy (non-hydrogen) atoms. The summed E-state index contributed by atoms with van der Waals surface area (Å²) in [6.45, 7) is 3.06. The third kappa shape index (κ3) is 7.26. The first-order valence-corrected chi connectivity index (χ1v) is 9.64. The second kappa shape index (κ2) is 11.3. The van der Waals surface area contributed by atoms with E-state index in [1.54, 1.807) is 48.2 Å². The van der Waals surface area contributed by atoms with E-state index in [4.69, 9.17) is 9.47 Å². The molecule has 0 spiro atoms. The second-order valence-corrected chi connectivity index (χ2v) is 6.98. The molecule has 1 N–H and O–H groups in total. The number of urea groups is 1. The van der Waals surface area contributed by atoms with E-state index < -0.39 is 18.2 Å². The van der Waals surface area contributed by atoms with Crippen LogP contribution in [-0.4, -0.2) is 97.5 Å². The highest BCUT2D eigenvalue weighted by atomic mass is 16.6. The molecule has 1 aromatic rings. The van der Waals surface area contributed by atoms with Gasteiger partial charge in [-0.3, -0.25) is 0 Å². The Labute approximate surface area is 170 Å². The molecule has 1 saturated heterocycles. The number of carboxylic acid groups (broad SMARTS) is 1. The van der Waals surface area contributed by atoms with Gasteiger partial charge in [0.1, 0.15) is 0 Å². The Hall–Kier alpha value is -2.81. The van der Waals surface area contributed by atoms with Crippen LogP contribution in [0.5, 0.6) is 0 Å². The van der Waals surface area contributed by atoms with Gasteiger partial charge in [-0.25, -0.2) is 14.4 Å². The Bertz CT molecular complexity index is 678. The molecular weight excluding hydrogens is 378 g/mol. The third-order valence-electron chi connectivity index (χ3n) is 4.69. The summed E-state index contributed by atoms with van der Waals surface area (Å²) in [5.41, 5.74) is 0.776. The summed E-state index contributed by atoms with van der Waals surface area (Å²) >= 11 is 0. The lowest BCUT2D eigenvalue weighted by Crippen LogP contribution is -2.47. The normalized spacial score (nSPS) is 14.8. The van der Waals surface area contributed by atoms with Gasteiger partial charge < -0.3 is 29.3 Å². The quantitative estimate of drug-likeness (QED) is 0.702. The van der Waals surface area contributed by atoms with Gasteiger partial charge >= 0.3 is 18.1 Å². The van der Waals surface area contributed by atoms with Gasteiger partial charge in [-0.15, -0.1) is 0 Å². The van der Waals surface area contributed by atoms with Crippen LogP contribution >= 0.6 is 0 Å². The van der Waals surface area contributed by atoms with Crippen molar-refractivity contribution in [1.29, 1.82) is 0 Å². The van der Waals surface area contributed by atoms with E-state index in [0.29, 0.717) is 45.8 Å². The molecule has 0 saturated carbocycles. The van der Waals surface area contributed by atoms with E-state index in [1.165, 1.54) is 4.90 Å². The third-order valence-corrected chi connectivity index (χ3v) is 4.69. The highest BCUT2D eigenvalue weighted by Crippen LogP contribution is 2.09. The molecule has 160 valence electrons. The van der Waals surface area contributed by atoms with Gasteiger partial charge in [0, 0.05) is 46.7 Å². The maximum absolute atomic E-state index is 12.3. The zero-order valence-electron chi connectivity index (χ0n) is 17.0. The minimum absolute atomic E-state index is 0.0627. The molecule has 0 aliphatic carbocycles. The van der Waals surface area contributed by atoms with Crippen LogP contribution in [0, 0.1) is 0 Å². The van der Waals surface area contributed by atoms with Crippen molar-refractivity contribution in [2.24, 2.45) is 0 Å². The molecular formula is C20H29N3O6. The number of morpholine rings is 1. The Morgan fingerprint density at radius 2 is 1.72 bits per heavy atom. The molecule has 3 amide bonds. The lowest BCUT2D eigenvalue weighted by Gasteiger charge is -2.31. The summed E-state index contributed by atoms with van der Waals surface area (Å²) in [7, 11) is 3.27. The summed E-state index contributed by atoms with van der Waals surface area (Å²) in [4.78, 5) is 40.7. The number of aliphatic carboxylic acids is 1. The summed E-state index contributed by atoms with van der Waals surface area (Å²) in [6, 6.07) is 8.95. The fourth-order valence-corrected chi connectivity index (χ4v) is 2.95. The number of carboxylic acids is 1. The van der Waals surface area contributed by atoms with Gasteiger partial charge in [-0.2, -0.15) is 0 Å². The molecule has 0 radical (unpaired) electrons. The number of carbonyl (C=O) groups is 3. The van der Waals surface area contributed by atoms with Crippen LogP contribution in [0.25, 0.3) is 0 Å². The molecule has 2 rings (SSSR count). The first kappa shape index (κ1) is 22.5. The number of hydrogen-bond donors (Lipinski definition) is 1. The highest BCUT2D eigenvalue weighted by molar-refractivity contribution is 5.77. The average Bonchev–Trinajstić information content (AvgIpc) is 2.73. The van der Waals surface area contributed by atoms with Crippen LogP contribution in [0.1, 0.15) is 12.0 Å². The van der Waals surface area contributed by atoms with Gasteiger partial charge in [-0.1, -0.05) is 30.3 Å². The van der Waals surface area contributed by atoms with Crippen LogP contribution < -0.4 is 0 Å². The molecule has 1 fully saturated rings. The number of amides is 3. The number of benzene rings is 1. The number of nitrogens with zero attached hydrogens (tertiary/aromatic N) is 3. The van der Waals surface area contributed by atoms with Crippen molar-refractivity contribution < 1.29 is 29.0 Å². The molecule has 1 atom stereocenters. The molecule has 0 unspecified atom stereocenters. The minimum atomic E-state index is -1.25. The van der Waals surface area contributed by atoms with Crippen molar-refractivity contribution in [1.82, 2.24) is 14.7 Å². The maximum atomic E-state index is 12.3. The van der Waals surface area contributed by atoms with Crippen LogP contribution in [0.2, 0.25) is 0 Å². The Morgan fingerprint density at radius 1 is 1.10 bits per heavy atom. The van der Waals surface area contributed by atoms with Gasteiger partial charge in [-0.05, 0) is 12.0 Å². The van der Waals surface area contributed by atoms with Crippen LogP contribution in [0.4, 0.5) is 9.59 Å². The monoisotopic (exact) mass is 407 g/mol. The largest absolute Gasteiger partial charge is 0.478 e. The van der Waals surface area contributed by atoms with E-state index in [-0.39, 0.29) is 12.5 Å². The number of ether oxygens (including phenoxy) is 2. The minimum Gasteiger partial charge on any atom is -0.478 e. The molecule has 1 aromatic carbocycles. The molecule has 0 bridgehead atoms. The summed E-state index contributed by atoms with van der Waals surface area (Å²) < 4.78 is 10.4. The van der Waals surface area contributed by atoms with Crippen LogP contribution in [0.15, 0.2) is 30.3 Å². The predicted octanol–water partition coefficient (Wildman–Crippen LogP) is 1.52. The molecule has 0 aromatic heterocycles. The number of rotatable bonds is 8. The van der Waals surface area contributed by atoms with Crippen molar-refractivity contribution in [2.45, 2.75) is 18.9 Å². The number of hydrogen-bond acceptors (Lipinski definition) is 5. The fraction of sp³-hybridized carbons (Fsp3) is 0.550. The highest BCUT2D eigenvalue weighted by Gasteiger charge is 2.25. The lowest BCUT2D eigenvalue weighted by atomic mass is 10.1. The summed E-state index contributed by atoms with van der Waals surface area (Å²) in [6.07, 6.45) is -1.30. The van der Waals surface area contributed by atoms with Crippen molar-refractivity contribution in [3.8, 4) is 0 Å². The average molecular weight is 407 g/mol. The van der Waals surface area contributed by atoms with E-state index in [1.807, 2.05) is 6.07 Å². The second-order valence-electron chi connectivity index (χ2n) is 6.98. The molecule has 1 aliphatic heterocycles. The fourth-order valence-electron chi connectivity index (χ4n) is 2.95. The Balaban J connectivity index is 1.75. The molecule has 1 heterocycles. The molecule has 9 nitrogen and oxygen atoms in total. The SMILES string of the molecule is CN(CCCN(C)C(=O)N1CCOCC1)C(=O)O[C@@H](Cc1ccccc1)C(=O)O. The van der Waals surface area contributed by atoms with Gasteiger partial charge in [0.2, 0.25) is 6.10 Å². The zero-order valence-corrected chi connectivity index (χ0v) is 17.0. The van der Waals surface area contributed by atoms with E-state index >= 15 is 0 Å². The summed E-state index contributed by atoms with van der Waals surface area (Å²) in [5.74, 6) is -1.19. The van der Waals surface area contributed by atoms with Crippen LogP contribution in [0.3, 0.4) is 0 Å². The van der Waals surface area contributed by atoms with Crippen molar-refractivity contribution in [3.05, 3.63) is 35.9 Å². The van der Waals surface area contributed by atoms with E-state index in [0.717, 1.165) is 5.56 Å². The molecule has 1 aliphatic rings. The number of carbonyl (C=O) groups excluding carboxylic acids is 2. The Kier molecular flexibility index (Phi) is 8.72. The predicted molar refractivity (Wildman–Crippen MR) is 106 cm³/mol. The standard InChI is InChI=1S/C20H29N3O6/c1-21(19(26)23-11-13-28-14-12-23)9-6-10-22(2)20(27)29-17(18(24)25)15-16-7-4-3-5-8-16/h3-5,7-8,17H,6,9-15H2,1-2H3,(H,24,25)/t17-/m0/s1. The van der Waals surface area contributed by atoms with Gasteiger partial charge in [0.05, 0.1) is 13.2 Å². The van der Waals surface area contributed by atoms with Crippen molar-refractivity contribution in [2.75, 3.05) is 53.5 Å². The first-order valence-electron chi connectivity index (χ1n) is 9.64. The van der Waals surface area contributed by atoms with Crippen molar-refractivity contribution in [3.63, 3.8) is 0 Å².